The number of thioether (sulfide) groups is 1. The van der Waals surface area contributed by atoms with Crippen LogP contribution in [-0.2, 0) is 4.79 Å². The molecule has 2 atom stereocenters. The summed E-state index contributed by atoms with van der Waals surface area (Å²) in [6, 6.07) is 8.33. The second-order valence-electron chi connectivity index (χ2n) is 5.49. The maximum absolute atomic E-state index is 12.5. The molecule has 1 aliphatic heterocycles. The highest BCUT2D eigenvalue weighted by Crippen LogP contribution is 2.25. The second kappa shape index (κ2) is 7.82. The van der Waals surface area contributed by atoms with E-state index in [1.165, 1.54) is 6.42 Å². The molecule has 1 aromatic rings. The van der Waals surface area contributed by atoms with E-state index in [4.69, 9.17) is 0 Å². The molecule has 0 aliphatic carbocycles. The van der Waals surface area contributed by atoms with Gasteiger partial charge in [-0.15, -0.1) is 11.8 Å². The Kier molecular flexibility index (Phi) is 6.08. The molecule has 1 heterocycles. The maximum Gasteiger partial charge on any atom is 0.241 e. The number of amides is 1. The third-order valence-electron chi connectivity index (χ3n) is 4.15. The zero-order valence-corrected chi connectivity index (χ0v) is 13.9. The monoisotopic (exact) mass is 307 g/mol. The van der Waals surface area contributed by atoms with Gasteiger partial charge < -0.3 is 10.6 Å². The molecule has 2 unspecified atom stereocenters. The summed E-state index contributed by atoms with van der Waals surface area (Å²) in [4.78, 5) is 15.9. The summed E-state index contributed by atoms with van der Waals surface area (Å²) in [5.74, 6) is 0.0771. The molecule has 1 amide bonds. The fourth-order valence-corrected chi connectivity index (χ4v) is 3.30. The van der Waals surface area contributed by atoms with Gasteiger partial charge in [0.1, 0.15) is 0 Å². The number of carbonyl (C=O) groups is 1. The number of piperidine rings is 1. The quantitative estimate of drug-likeness (QED) is 0.820. The Morgan fingerprint density at radius 2 is 2.19 bits per heavy atom. The standard InChI is InChI=1S/C16H25N3OS/c1-12(19-10-6-7-13(11-19)17-2)16(20)18-14-8-4-5-9-15(14)21-3/h4-5,8-9,12-13,17H,6-7,10-11H2,1-3H3,(H,18,20). The fourth-order valence-electron chi connectivity index (χ4n) is 2.74. The number of hydrogen-bond acceptors (Lipinski definition) is 4. The van der Waals surface area contributed by atoms with Crippen LogP contribution in [0.25, 0.3) is 0 Å². The highest BCUT2D eigenvalue weighted by Gasteiger charge is 2.26. The second-order valence-corrected chi connectivity index (χ2v) is 6.34. The third kappa shape index (κ3) is 4.22. The smallest absolute Gasteiger partial charge is 0.241 e. The largest absolute Gasteiger partial charge is 0.324 e. The zero-order chi connectivity index (χ0) is 15.2. The van der Waals surface area contributed by atoms with Gasteiger partial charge in [-0.25, -0.2) is 0 Å². The van der Waals surface area contributed by atoms with Crippen molar-refractivity contribution in [1.82, 2.24) is 10.2 Å². The van der Waals surface area contributed by atoms with Gasteiger partial charge in [-0.3, -0.25) is 9.69 Å². The van der Waals surface area contributed by atoms with E-state index >= 15 is 0 Å². The fraction of sp³-hybridized carbons (Fsp3) is 0.562. The summed E-state index contributed by atoms with van der Waals surface area (Å²) in [5.41, 5.74) is 0.907. The van der Waals surface area contributed by atoms with Crippen molar-refractivity contribution in [1.29, 1.82) is 0 Å². The Hall–Kier alpha value is -1.04. The van der Waals surface area contributed by atoms with Crippen molar-refractivity contribution in [3.05, 3.63) is 24.3 Å². The van der Waals surface area contributed by atoms with Crippen molar-refractivity contribution < 1.29 is 4.79 Å². The number of rotatable bonds is 5. The van der Waals surface area contributed by atoms with Gasteiger partial charge in [0, 0.05) is 17.5 Å². The molecule has 2 rings (SSSR count). The lowest BCUT2D eigenvalue weighted by Crippen LogP contribution is -2.51. The number of carbonyl (C=O) groups excluding carboxylic acids is 1. The first-order valence-corrected chi connectivity index (χ1v) is 8.73. The zero-order valence-electron chi connectivity index (χ0n) is 13.1. The van der Waals surface area contributed by atoms with Crippen LogP contribution in [0, 0.1) is 0 Å². The summed E-state index contributed by atoms with van der Waals surface area (Å²) in [6.45, 7) is 3.93. The molecular weight excluding hydrogens is 282 g/mol. The van der Waals surface area contributed by atoms with Crippen molar-refractivity contribution in [2.75, 3.05) is 31.7 Å². The minimum atomic E-state index is -0.101. The summed E-state index contributed by atoms with van der Waals surface area (Å²) >= 11 is 1.65. The molecule has 0 spiro atoms. The van der Waals surface area contributed by atoms with Crippen molar-refractivity contribution in [3.63, 3.8) is 0 Å². The number of nitrogens with one attached hydrogen (secondary N) is 2. The first kappa shape index (κ1) is 16.3. The van der Waals surface area contributed by atoms with Gasteiger partial charge in [0.2, 0.25) is 5.91 Å². The van der Waals surface area contributed by atoms with E-state index in [0.717, 1.165) is 30.1 Å². The lowest BCUT2D eigenvalue weighted by atomic mass is 10.0. The van der Waals surface area contributed by atoms with Gasteiger partial charge in [-0.05, 0) is 51.7 Å². The highest BCUT2D eigenvalue weighted by atomic mass is 32.2. The molecule has 0 aromatic heterocycles. The van der Waals surface area contributed by atoms with Crippen LogP contribution in [-0.4, -0.2) is 49.3 Å². The molecule has 1 aromatic carbocycles. The minimum Gasteiger partial charge on any atom is -0.324 e. The van der Waals surface area contributed by atoms with E-state index in [9.17, 15) is 4.79 Å². The van der Waals surface area contributed by atoms with E-state index in [1.807, 2.05) is 44.5 Å². The van der Waals surface area contributed by atoms with Gasteiger partial charge in [0.25, 0.3) is 0 Å². The lowest BCUT2D eigenvalue weighted by Gasteiger charge is -2.36. The van der Waals surface area contributed by atoms with Gasteiger partial charge in [0.05, 0.1) is 11.7 Å². The summed E-state index contributed by atoms with van der Waals surface area (Å²) in [5, 5.41) is 6.39. The van der Waals surface area contributed by atoms with Crippen LogP contribution >= 0.6 is 11.8 Å². The van der Waals surface area contributed by atoms with Gasteiger partial charge in [-0.1, -0.05) is 12.1 Å². The number of nitrogens with zero attached hydrogens (tertiary/aromatic N) is 1. The molecule has 21 heavy (non-hydrogen) atoms. The molecule has 1 aliphatic rings. The van der Waals surface area contributed by atoms with Crippen molar-refractivity contribution >= 4 is 23.4 Å². The number of anilines is 1. The van der Waals surface area contributed by atoms with Crippen LogP contribution in [0.5, 0.6) is 0 Å². The molecule has 0 saturated carbocycles. The molecule has 2 N–H and O–H groups in total. The molecule has 4 nitrogen and oxygen atoms in total. The molecule has 1 fully saturated rings. The Labute approximate surface area is 131 Å². The summed E-state index contributed by atoms with van der Waals surface area (Å²) in [6.07, 6.45) is 4.36. The van der Waals surface area contributed by atoms with E-state index in [1.54, 1.807) is 11.8 Å². The van der Waals surface area contributed by atoms with E-state index in [0.29, 0.717) is 6.04 Å². The van der Waals surface area contributed by atoms with Gasteiger partial charge >= 0.3 is 0 Å². The average Bonchev–Trinajstić information content (AvgIpc) is 2.54. The first-order chi connectivity index (χ1) is 10.2. The molecule has 5 heteroatoms. The number of likely N-dealkylation sites (N-methyl/N-ethyl adjacent to an activating group) is 1. The van der Waals surface area contributed by atoms with E-state index in [2.05, 4.69) is 15.5 Å². The summed E-state index contributed by atoms with van der Waals surface area (Å²) < 4.78 is 0. The van der Waals surface area contributed by atoms with Crippen molar-refractivity contribution in [2.45, 2.75) is 36.7 Å². The molecule has 0 radical (unpaired) electrons. The van der Waals surface area contributed by atoms with Crippen LogP contribution in [0.1, 0.15) is 19.8 Å². The Morgan fingerprint density at radius 3 is 2.90 bits per heavy atom. The number of hydrogen-bond donors (Lipinski definition) is 2. The maximum atomic E-state index is 12.5. The molecular formula is C16H25N3OS. The number of benzene rings is 1. The SMILES string of the molecule is CNC1CCCN(C(C)C(=O)Nc2ccccc2SC)C1. The lowest BCUT2D eigenvalue weighted by molar-refractivity contribution is -0.121. The third-order valence-corrected chi connectivity index (χ3v) is 4.95. The molecule has 116 valence electrons. The van der Waals surface area contributed by atoms with Crippen molar-refractivity contribution in [2.24, 2.45) is 0 Å². The van der Waals surface area contributed by atoms with E-state index < -0.39 is 0 Å². The highest BCUT2D eigenvalue weighted by molar-refractivity contribution is 7.98. The Balaban J connectivity index is 1.99. The van der Waals surface area contributed by atoms with Crippen LogP contribution in [0.2, 0.25) is 0 Å². The van der Waals surface area contributed by atoms with Crippen LogP contribution < -0.4 is 10.6 Å². The minimum absolute atomic E-state index is 0.0771. The van der Waals surface area contributed by atoms with Gasteiger partial charge in [-0.2, -0.15) is 0 Å². The Bertz CT molecular complexity index is 480. The number of likely N-dealkylation sites (tertiary alicyclic amines) is 1. The van der Waals surface area contributed by atoms with Crippen LogP contribution in [0.4, 0.5) is 5.69 Å². The van der Waals surface area contributed by atoms with E-state index in [-0.39, 0.29) is 11.9 Å². The topological polar surface area (TPSA) is 44.4 Å². The normalized spacial score (nSPS) is 21.0. The predicted octanol–water partition coefficient (Wildman–Crippen LogP) is 2.42. The average molecular weight is 307 g/mol. The Morgan fingerprint density at radius 1 is 1.43 bits per heavy atom. The van der Waals surface area contributed by atoms with Crippen LogP contribution in [0.15, 0.2) is 29.2 Å². The van der Waals surface area contributed by atoms with Gasteiger partial charge in [0.15, 0.2) is 0 Å². The molecule has 1 saturated heterocycles. The number of para-hydroxylation sites is 1. The van der Waals surface area contributed by atoms with Crippen molar-refractivity contribution in [3.8, 4) is 0 Å². The van der Waals surface area contributed by atoms with Crippen LogP contribution in [0.3, 0.4) is 0 Å². The molecule has 0 bridgehead atoms. The summed E-state index contributed by atoms with van der Waals surface area (Å²) in [7, 11) is 1.99. The predicted molar refractivity (Wildman–Crippen MR) is 90.0 cm³/mol. The first-order valence-electron chi connectivity index (χ1n) is 7.51.